The molecule has 2 N–H and O–H groups in total. The summed E-state index contributed by atoms with van der Waals surface area (Å²) < 4.78 is 41.1. The Morgan fingerprint density at radius 3 is 2.50 bits per heavy atom. The van der Waals surface area contributed by atoms with E-state index in [2.05, 4.69) is 20.6 Å². The van der Waals surface area contributed by atoms with Crippen LogP contribution in [0.5, 0.6) is 0 Å². The highest BCUT2D eigenvalue weighted by Crippen LogP contribution is 2.37. The van der Waals surface area contributed by atoms with Gasteiger partial charge >= 0.3 is 11.8 Å². The normalized spacial score (nSPS) is 20.5. The molecule has 124 valence electrons. The molecule has 0 unspecified atom stereocenters. The minimum atomic E-state index is -4.95. The van der Waals surface area contributed by atoms with Crippen LogP contribution >= 0.6 is 0 Å². The number of nitrogens with zero attached hydrogens (tertiary/aromatic N) is 2. The molecule has 0 spiro atoms. The molecule has 1 aliphatic rings. The Morgan fingerprint density at radius 1 is 1.17 bits per heavy atom. The number of aliphatic imine (C=N–C) groups is 1. The first kappa shape index (κ1) is 16.0. The quantitative estimate of drug-likeness (QED) is 0.907. The van der Waals surface area contributed by atoms with Crippen molar-refractivity contribution in [2.45, 2.75) is 18.8 Å². The number of aromatic nitrogens is 1. The van der Waals surface area contributed by atoms with Gasteiger partial charge in [-0.2, -0.15) is 13.2 Å². The first-order valence-corrected chi connectivity index (χ1v) is 7.06. The molecule has 0 radical (unpaired) electrons. The van der Waals surface area contributed by atoms with Crippen LogP contribution in [0.25, 0.3) is 0 Å². The molecule has 0 saturated heterocycles. The Labute approximate surface area is 135 Å². The molecule has 1 aliphatic heterocycles. The number of amidine groups is 1. The SMILES string of the molecule is Cc1ccnc(N[C@@]2(C(F)(F)F)N=C(c3ccccc3)NC2=O)c1. The summed E-state index contributed by atoms with van der Waals surface area (Å²) in [4.78, 5) is 19.7. The Hall–Kier alpha value is -2.90. The number of anilines is 1. The number of rotatable bonds is 3. The number of hydrogen-bond donors (Lipinski definition) is 2. The highest BCUT2D eigenvalue weighted by atomic mass is 19.4. The zero-order valence-corrected chi connectivity index (χ0v) is 12.6. The summed E-state index contributed by atoms with van der Waals surface area (Å²) in [7, 11) is 0. The van der Waals surface area contributed by atoms with Crippen LogP contribution < -0.4 is 10.6 Å². The second-order valence-electron chi connectivity index (χ2n) is 5.33. The second-order valence-corrected chi connectivity index (χ2v) is 5.33. The van der Waals surface area contributed by atoms with E-state index < -0.39 is 17.7 Å². The van der Waals surface area contributed by atoms with Gasteiger partial charge in [-0.1, -0.05) is 30.3 Å². The fraction of sp³-hybridized carbons (Fsp3) is 0.188. The fourth-order valence-corrected chi connectivity index (χ4v) is 2.31. The van der Waals surface area contributed by atoms with Crippen LogP contribution in [-0.2, 0) is 4.79 Å². The van der Waals surface area contributed by atoms with E-state index in [1.54, 1.807) is 43.3 Å². The fourth-order valence-electron chi connectivity index (χ4n) is 2.31. The topological polar surface area (TPSA) is 66.4 Å². The third-order valence-electron chi connectivity index (χ3n) is 3.52. The molecule has 0 fully saturated rings. The predicted octanol–water partition coefficient (Wildman–Crippen LogP) is 2.64. The molecule has 2 aromatic rings. The lowest BCUT2D eigenvalue weighted by Gasteiger charge is -2.27. The van der Waals surface area contributed by atoms with Crippen LogP contribution in [0.1, 0.15) is 11.1 Å². The number of carbonyl (C=O) groups is 1. The molecule has 3 rings (SSSR count). The lowest BCUT2D eigenvalue weighted by atomic mass is 10.1. The van der Waals surface area contributed by atoms with Crippen molar-refractivity contribution in [2.75, 3.05) is 5.32 Å². The largest absolute Gasteiger partial charge is 0.442 e. The van der Waals surface area contributed by atoms with Gasteiger partial charge in [-0.15, -0.1) is 0 Å². The van der Waals surface area contributed by atoms with E-state index in [1.165, 1.54) is 12.3 Å². The maximum atomic E-state index is 13.7. The van der Waals surface area contributed by atoms with Crippen LogP contribution in [0.15, 0.2) is 53.7 Å². The molecule has 0 bridgehead atoms. The van der Waals surface area contributed by atoms with Gasteiger partial charge in [0.1, 0.15) is 11.7 Å². The van der Waals surface area contributed by atoms with E-state index in [1.807, 2.05) is 0 Å². The van der Waals surface area contributed by atoms with Crippen molar-refractivity contribution >= 4 is 17.6 Å². The number of nitrogens with one attached hydrogen (secondary N) is 2. The van der Waals surface area contributed by atoms with Gasteiger partial charge in [0.05, 0.1) is 0 Å². The molecule has 0 saturated carbocycles. The summed E-state index contributed by atoms with van der Waals surface area (Å²) >= 11 is 0. The number of halogens is 3. The van der Waals surface area contributed by atoms with Gasteiger partial charge in [0.2, 0.25) is 0 Å². The van der Waals surface area contributed by atoms with E-state index in [9.17, 15) is 18.0 Å². The maximum Gasteiger partial charge on any atom is 0.442 e. The third-order valence-corrected chi connectivity index (χ3v) is 3.52. The van der Waals surface area contributed by atoms with E-state index in [0.717, 1.165) is 0 Å². The van der Waals surface area contributed by atoms with Gasteiger partial charge in [0, 0.05) is 11.8 Å². The number of pyridine rings is 1. The van der Waals surface area contributed by atoms with Crippen LogP contribution in [0, 0.1) is 6.92 Å². The van der Waals surface area contributed by atoms with E-state index >= 15 is 0 Å². The molecule has 1 aromatic heterocycles. The molecule has 1 amide bonds. The maximum absolute atomic E-state index is 13.7. The van der Waals surface area contributed by atoms with Crippen molar-refractivity contribution in [3.63, 3.8) is 0 Å². The van der Waals surface area contributed by atoms with Crippen LogP contribution in [0.4, 0.5) is 19.0 Å². The van der Waals surface area contributed by atoms with Crippen molar-refractivity contribution in [1.82, 2.24) is 10.3 Å². The molecule has 0 aliphatic carbocycles. The van der Waals surface area contributed by atoms with Crippen molar-refractivity contribution < 1.29 is 18.0 Å². The molecular formula is C16H13F3N4O. The summed E-state index contributed by atoms with van der Waals surface area (Å²) in [6.07, 6.45) is -3.59. The minimum absolute atomic E-state index is 0.0828. The van der Waals surface area contributed by atoms with E-state index in [-0.39, 0.29) is 11.7 Å². The van der Waals surface area contributed by atoms with E-state index in [0.29, 0.717) is 11.1 Å². The van der Waals surface area contributed by atoms with Gasteiger partial charge in [-0.3, -0.25) is 4.79 Å². The van der Waals surface area contributed by atoms with Crippen LogP contribution in [0.3, 0.4) is 0 Å². The monoisotopic (exact) mass is 334 g/mol. The average Bonchev–Trinajstić information content (AvgIpc) is 2.86. The third kappa shape index (κ3) is 2.70. The average molecular weight is 334 g/mol. The summed E-state index contributed by atoms with van der Waals surface area (Å²) in [5.74, 6) is -1.52. The van der Waals surface area contributed by atoms with Gasteiger partial charge < -0.3 is 10.6 Å². The smallest absolute Gasteiger partial charge is 0.331 e. The molecule has 8 heteroatoms. The summed E-state index contributed by atoms with van der Waals surface area (Å²) in [5.41, 5.74) is -2.02. The van der Waals surface area contributed by atoms with Gasteiger partial charge in [-0.05, 0) is 24.6 Å². The van der Waals surface area contributed by atoms with Crippen molar-refractivity contribution in [3.05, 3.63) is 59.8 Å². The molecule has 2 heterocycles. The summed E-state index contributed by atoms with van der Waals surface area (Å²) in [6, 6.07) is 11.2. The summed E-state index contributed by atoms with van der Waals surface area (Å²) in [5, 5.41) is 4.35. The minimum Gasteiger partial charge on any atom is -0.331 e. The summed E-state index contributed by atoms with van der Waals surface area (Å²) in [6.45, 7) is 1.71. The molecule has 1 aromatic carbocycles. The standard InChI is InChI=1S/C16H13F3N4O/c1-10-7-8-20-12(9-10)22-15(16(17,18)19)14(24)21-13(23-15)11-5-3-2-4-6-11/h2-9H,1H3,(H,20,22)(H,21,23,24)/t15-/m1/s1. The number of benzene rings is 1. The first-order valence-electron chi connectivity index (χ1n) is 7.06. The Balaban J connectivity index is 2.06. The molecule has 24 heavy (non-hydrogen) atoms. The zero-order valence-electron chi connectivity index (χ0n) is 12.6. The lowest BCUT2D eigenvalue weighted by molar-refractivity contribution is -0.181. The van der Waals surface area contributed by atoms with Crippen molar-refractivity contribution in [2.24, 2.45) is 4.99 Å². The number of hydrogen-bond acceptors (Lipinski definition) is 4. The predicted molar refractivity (Wildman–Crippen MR) is 82.5 cm³/mol. The second kappa shape index (κ2) is 5.63. The van der Waals surface area contributed by atoms with Crippen molar-refractivity contribution in [3.8, 4) is 0 Å². The van der Waals surface area contributed by atoms with Crippen molar-refractivity contribution in [1.29, 1.82) is 0 Å². The number of alkyl halides is 3. The lowest BCUT2D eigenvalue weighted by Crippen LogP contribution is -2.57. The molecule has 5 nitrogen and oxygen atoms in total. The number of amides is 1. The molecular weight excluding hydrogens is 321 g/mol. The number of carbonyl (C=O) groups excluding carboxylic acids is 1. The molecule has 1 atom stereocenters. The highest BCUT2D eigenvalue weighted by Gasteiger charge is 2.64. The zero-order chi connectivity index (χ0) is 17.4. The van der Waals surface area contributed by atoms with Gasteiger partial charge in [-0.25, -0.2) is 9.98 Å². The van der Waals surface area contributed by atoms with Crippen LogP contribution in [-0.4, -0.2) is 28.6 Å². The highest BCUT2D eigenvalue weighted by molar-refractivity contribution is 6.16. The van der Waals surface area contributed by atoms with Gasteiger partial charge in [0.25, 0.3) is 5.91 Å². The Kier molecular flexibility index (Phi) is 3.75. The first-order chi connectivity index (χ1) is 11.3. The number of aryl methyl sites for hydroxylation is 1. The van der Waals surface area contributed by atoms with Crippen LogP contribution in [0.2, 0.25) is 0 Å². The van der Waals surface area contributed by atoms with E-state index in [4.69, 9.17) is 0 Å². The Bertz CT molecular complexity index is 804. The Morgan fingerprint density at radius 2 is 1.88 bits per heavy atom. The van der Waals surface area contributed by atoms with Gasteiger partial charge in [0.15, 0.2) is 0 Å².